The fourth-order valence-electron chi connectivity index (χ4n) is 2.06. The second kappa shape index (κ2) is 7.50. The number of aromatic nitrogens is 2. The zero-order chi connectivity index (χ0) is 17.8. The third-order valence-corrected chi connectivity index (χ3v) is 4.81. The Balaban J connectivity index is 1.76. The molecule has 0 saturated heterocycles. The van der Waals surface area contributed by atoms with E-state index in [1.807, 2.05) is 6.07 Å². The van der Waals surface area contributed by atoms with Crippen molar-refractivity contribution in [3.8, 4) is 10.6 Å². The van der Waals surface area contributed by atoms with Gasteiger partial charge in [0.1, 0.15) is 15.7 Å². The van der Waals surface area contributed by atoms with Crippen molar-refractivity contribution in [1.82, 2.24) is 15.4 Å². The maximum absolute atomic E-state index is 13.7. The lowest BCUT2D eigenvalue weighted by molar-refractivity contribution is 0.0958. The van der Waals surface area contributed by atoms with E-state index in [2.05, 4.69) is 20.5 Å². The molecule has 0 fully saturated rings. The number of thiazole rings is 1. The number of rotatable bonds is 4. The summed E-state index contributed by atoms with van der Waals surface area (Å²) in [6, 6.07) is 7.97. The smallest absolute Gasteiger partial charge is 0.266 e. The molecule has 0 aliphatic rings. The molecular weight excluding hydrogens is 363 g/mol. The zero-order valence-corrected chi connectivity index (χ0v) is 14.6. The first-order valence-electron chi connectivity index (χ1n) is 7.21. The quantitative estimate of drug-likeness (QED) is 0.553. The number of carbonyl (C=O) groups is 1. The molecule has 0 radical (unpaired) electrons. The average Bonchev–Trinajstić information content (AvgIpc) is 3.00. The zero-order valence-electron chi connectivity index (χ0n) is 13.0. The highest BCUT2D eigenvalue weighted by molar-refractivity contribution is 7.17. The second-order valence-corrected chi connectivity index (χ2v) is 6.42. The van der Waals surface area contributed by atoms with Gasteiger partial charge in [-0.15, -0.1) is 11.3 Å². The van der Waals surface area contributed by atoms with Gasteiger partial charge in [0.05, 0.1) is 16.9 Å². The van der Waals surface area contributed by atoms with Crippen LogP contribution in [0.4, 0.5) is 4.39 Å². The third-order valence-electron chi connectivity index (χ3n) is 3.27. The summed E-state index contributed by atoms with van der Waals surface area (Å²) in [6.07, 6.45) is 4.52. The average molecular weight is 375 g/mol. The summed E-state index contributed by atoms with van der Waals surface area (Å²) in [5, 5.41) is 4.69. The number of hydrogen-bond donors (Lipinski definition) is 1. The van der Waals surface area contributed by atoms with Gasteiger partial charge in [-0.05, 0) is 31.2 Å². The lowest BCUT2D eigenvalue weighted by Gasteiger charge is -2.00. The Morgan fingerprint density at radius 1 is 1.36 bits per heavy atom. The van der Waals surface area contributed by atoms with Crippen molar-refractivity contribution in [2.24, 2.45) is 5.10 Å². The molecule has 8 heteroatoms. The predicted octanol–water partition coefficient (Wildman–Crippen LogP) is 4.07. The van der Waals surface area contributed by atoms with E-state index >= 15 is 0 Å². The Bertz CT molecular complexity index is 923. The van der Waals surface area contributed by atoms with Crippen LogP contribution in [0.25, 0.3) is 10.6 Å². The summed E-state index contributed by atoms with van der Waals surface area (Å²) in [6.45, 7) is 1.74. The molecular formula is C17H12ClFN4OS. The van der Waals surface area contributed by atoms with Crippen LogP contribution in [0.1, 0.15) is 20.9 Å². The number of carbonyl (C=O) groups excluding carboxylic acids is 1. The maximum Gasteiger partial charge on any atom is 0.283 e. The number of hydrogen-bond acceptors (Lipinski definition) is 5. The summed E-state index contributed by atoms with van der Waals surface area (Å²) < 4.78 is 13.7. The van der Waals surface area contributed by atoms with Crippen LogP contribution < -0.4 is 5.43 Å². The Hall–Kier alpha value is -2.64. The third kappa shape index (κ3) is 3.89. The minimum Gasteiger partial charge on any atom is -0.266 e. The number of pyridine rings is 1. The van der Waals surface area contributed by atoms with Gasteiger partial charge in [-0.2, -0.15) is 5.10 Å². The molecule has 2 heterocycles. The standard InChI is InChI=1S/C17H12ClFN4OS/c1-10-15(25-17(22-10)11-4-3-7-20-8-11)16(24)23-21-9-12-13(18)5-2-6-14(12)19/h2-9H,1H3,(H,23,24)/b21-9-. The fraction of sp³-hybridized carbons (Fsp3) is 0.0588. The summed E-state index contributed by atoms with van der Waals surface area (Å²) >= 11 is 7.14. The number of nitrogens with zero attached hydrogens (tertiary/aromatic N) is 3. The van der Waals surface area contributed by atoms with Crippen molar-refractivity contribution in [2.75, 3.05) is 0 Å². The largest absolute Gasteiger partial charge is 0.283 e. The van der Waals surface area contributed by atoms with Crippen molar-refractivity contribution in [3.63, 3.8) is 0 Å². The van der Waals surface area contributed by atoms with Gasteiger partial charge in [-0.25, -0.2) is 14.8 Å². The van der Waals surface area contributed by atoms with Crippen LogP contribution in [0.15, 0.2) is 47.8 Å². The Kier molecular flexibility index (Phi) is 5.16. The number of benzene rings is 1. The molecule has 0 aliphatic heterocycles. The number of halogens is 2. The van der Waals surface area contributed by atoms with Crippen LogP contribution in [-0.2, 0) is 0 Å². The molecule has 0 bridgehead atoms. The van der Waals surface area contributed by atoms with Gasteiger partial charge in [0.25, 0.3) is 5.91 Å². The second-order valence-electron chi connectivity index (χ2n) is 5.01. The van der Waals surface area contributed by atoms with Crippen LogP contribution in [0.5, 0.6) is 0 Å². The van der Waals surface area contributed by atoms with E-state index in [0.29, 0.717) is 15.6 Å². The first-order chi connectivity index (χ1) is 12.1. The summed E-state index contributed by atoms with van der Waals surface area (Å²) in [5.41, 5.74) is 3.89. The summed E-state index contributed by atoms with van der Waals surface area (Å²) in [7, 11) is 0. The molecule has 1 aromatic carbocycles. The van der Waals surface area contributed by atoms with Gasteiger partial charge in [0, 0.05) is 23.5 Å². The van der Waals surface area contributed by atoms with Gasteiger partial charge in [0.15, 0.2) is 0 Å². The van der Waals surface area contributed by atoms with E-state index in [0.717, 1.165) is 5.56 Å². The fourth-order valence-corrected chi connectivity index (χ4v) is 3.22. The van der Waals surface area contributed by atoms with Crippen LogP contribution in [0.2, 0.25) is 5.02 Å². The van der Waals surface area contributed by atoms with Crippen molar-refractivity contribution in [1.29, 1.82) is 0 Å². The Morgan fingerprint density at radius 3 is 2.92 bits per heavy atom. The molecule has 25 heavy (non-hydrogen) atoms. The molecule has 0 spiro atoms. The van der Waals surface area contributed by atoms with Gasteiger partial charge >= 0.3 is 0 Å². The minimum absolute atomic E-state index is 0.113. The van der Waals surface area contributed by atoms with Crippen molar-refractivity contribution < 1.29 is 9.18 Å². The molecule has 2 aromatic heterocycles. The molecule has 3 aromatic rings. The molecule has 0 saturated carbocycles. The highest BCUT2D eigenvalue weighted by Crippen LogP contribution is 2.27. The highest BCUT2D eigenvalue weighted by atomic mass is 35.5. The molecule has 3 rings (SSSR count). The van der Waals surface area contributed by atoms with Gasteiger partial charge < -0.3 is 0 Å². The van der Waals surface area contributed by atoms with Gasteiger partial charge in [0.2, 0.25) is 0 Å². The van der Waals surface area contributed by atoms with Crippen LogP contribution in [-0.4, -0.2) is 22.1 Å². The van der Waals surface area contributed by atoms with E-state index < -0.39 is 11.7 Å². The first-order valence-corrected chi connectivity index (χ1v) is 8.41. The molecule has 5 nitrogen and oxygen atoms in total. The highest BCUT2D eigenvalue weighted by Gasteiger charge is 2.16. The monoisotopic (exact) mass is 374 g/mol. The number of amides is 1. The SMILES string of the molecule is Cc1nc(-c2cccnc2)sc1C(=O)N/N=C\c1c(F)cccc1Cl. The number of hydrazone groups is 1. The van der Waals surface area contributed by atoms with Crippen molar-refractivity contribution in [3.05, 3.63) is 69.7 Å². The lowest BCUT2D eigenvalue weighted by Crippen LogP contribution is -2.17. The molecule has 1 N–H and O–H groups in total. The molecule has 0 unspecified atom stereocenters. The molecule has 126 valence electrons. The topological polar surface area (TPSA) is 67.2 Å². The maximum atomic E-state index is 13.7. The minimum atomic E-state index is -0.515. The normalized spacial score (nSPS) is 11.0. The van der Waals surface area contributed by atoms with E-state index in [1.54, 1.807) is 31.5 Å². The van der Waals surface area contributed by atoms with E-state index in [-0.39, 0.29) is 10.6 Å². The molecule has 0 atom stereocenters. The van der Waals surface area contributed by atoms with E-state index in [4.69, 9.17) is 11.6 Å². The van der Waals surface area contributed by atoms with Crippen LogP contribution in [0.3, 0.4) is 0 Å². The van der Waals surface area contributed by atoms with Crippen LogP contribution >= 0.6 is 22.9 Å². The lowest BCUT2D eigenvalue weighted by atomic mass is 10.2. The van der Waals surface area contributed by atoms with Crippen LogP contribution in [0, 0.1) is 12.7 Å². The molecule has 1 amide bonds. The summed E-state index contributed by atoms with van der Waals surface area (Å²) in [4.78, 5) is 21.1. The van der Waals surface area contributed by atoms with E-state index in [1.165, 1.54) is 29.7 Å². The van der Waals surface area contributed by atoms with E-state index in [9.17, 15) is 9.18 Å². The predicted molar refractivity (Wildman–Crippen MR) is 96.6 cm³/mol. The van der Waals surface area contributed by atoms with Crippen molar-refractivity contribution in [2.45, 2.75) is 6.92 Å². The van der Waals surface area contributed by atoms with Gasteiger partial charge in [-0.3, -0.25) is 9.78 Å². The first kappa shape index (κ1) is 17.2. The van der Waals surface area contributed by atoms with Crippen molar-refractivity contribution >= 4 is 35.1 Å². The number of nitrogens with one attached hydrogen (secondary N) is 1. The van der Waals surface area contributed by atoms with Gasteiger partial charge in [-0.1, -0.05) is 17.7 Å². The number of aryl methyl sites for hydroxylation is 1. The Morgan fingerprint density at radius 2 is 2.20 bits per heavy atom. The Labute approximate surface area is 152 Å². The molecule has 0 aliphatic carbocycles. The summed E-state index contributed by atoms with van der Waals surface area (Å²) in [5.74, 6) is -0.938.